The second-order valence-corrected chi connectivity index (χ2v) is 11.0. The van der Waals surface area contributed by atoms with Crippen LogP contribution < -0.4 is 5.32 Å². The van der Waals surface area contributed by atoms with E-state index in [-0.39, 0.29) is 16.3 Å². The quantitative estimate of drug-likeness (QED) is 0.623. The number of hydrogen-bond acceptors (Lipinski definition) is 6. The van der Waals surface area contributed by atoms with Gasteiger partial charge in [-0.2, -0.15) is 4.31 Å². The number of rotatable bonds is 7. The molecule has 31 heavy (non-hydrogen) atoms. The van der Waals surface area contributed by atoms with E-state index < -0.39 is 32.0 Å². The highest BCUT2D eigenvalue weighted by molar-refractivity contribution is 7.89. The molecule has 0 radical (unpaired) electrons. The Morgan fingerprint density at radius 3 is 2.19 bits per heavy atom. The third-order valence-corrected chi connectivity index (χ3v) is 8.77. The Hall–Kier alpha value is -2.31. The van der Waals surface area contributed by atoms with Crippen LogP contribution in [0.4, 0.5) is 5.69 Å². The van der Waals surface area contributed by atoms with Gasteiger partial charge in [0.05, 0.1) is 16.9 Å². The number of carbonyl (C=O) groups is 1. The molecule has 168 valence electrons. The first kappa shape index (κ1) is 23.4. The number of amides is 1. The van der Waals surface area contributed by atoms with Crippen molar-refractivity contribution < 1.29 is 26.5 Å². The fraction of sp³-hybridized carbons (Fsp3) is 0.350. The molecule has 1 N–H and O–H groups in total. The monoisotopic (exact) mass is 467 g/mol. The SMILES string of the molecule is CON(C)S(=O)(=O)c1ccc(NC(=O)[C@@H]2CCCN2S(=O)(=O)c2ccc(C)cc2)cc1. The average molecular weight is 468 g/mol. The molecule has 1 amide bonds. The van der Waals surface area contributed by atoms with Gasteiger partial charge in [-0.25, -0.2) is 16.8 Å². The normalized spacial score (nSPS) is 17.7. The molecule has 0 aromatic heterocycles. The summed E-state index contributed by atoms with van der Waals surface area (Å²) in [6.07, 6.45) is 0.978. The highest BCUT2D eigenvalue weighted by Crippen LogP contribution is 2.27. The number of aryl methyl sites for hydroxylation is 1. The van der Waals surface area contributed by atoms with E-state index in [4.69, 9.17) is 4.84 Å². The third-order valence-electron chi connectivity index (χ3n) is 5.15. The van der Waals surface area contributed by atoms with Crippen LogP contribution in [0.2, 0.25) is 0 Å². The molecule has 0 aliphatic carbocycles. The largest absolute Gasteiger partial charge is 0.325 e. The lowest BCUT2D eigenvalue weighted by atomic mass is 10.2. The maximum absolute atomic E-state index is 13.0. The number of hydroxylamine groups is 1. The number of benzene rings is 2. The zero-order valence-corrected chi connectivity index (χ0v) is 19.1. The predicted octanol–water partition coefficient (Wildman–Crippen LogP) is 1.97. The van der Waals surface area contributed by atoms with Gasteiger partial charge in [-0.15, -0.1) is 0 Å². The molecule has 2 aromatic carbocycles. The number of anilines is 1. The summed E-state index contributed by atoms with van der Waals surface area (Å²) in [5.41, 5.74) is 1.31. The van der Waals surface area contributed by atoms with Crippen LogP contribution in [0.5, 0.6) is 0 Å². The van der Waals surface area contributed by atoms with E-state index in [1.165, 1.54) is 54.9 Å². The van der Waals surface area contributed by atoms with Crippen molar-refractivity contribution in [3.05, 3.63) is 54.1 Å². The van der Waals surface area contributed by atoms with Gasteiger partial charge in [0.25, 0.3) is 10.0 Å². The lowest BCUT2D eigenvalue weighted by Crippen LogP contribution is -2.43. The van der Waals surface area contributed by atoms with Crippen molar-refractivity contribution in [1.82, 2.24) is 8.77 Å². The van der Waals surface area contributed by atoms with Crippen LogP contribution in [0.3, 0.4) is 0 Å². The van der Waals surface area contributed by atoms with Gasteiger partial charge in [0.15, 0.2) is 0 Å². The summed E-state index contributed by atoms with van der Waals surface area (Å²) in [5, 5.41) is 2.68. The molecule has 1 fully saturated rings. The molecule has 1 atom stereocenters. The molecule has 0 saturated carbocycles. The molecule has 11 heteroatoms. The van der Waals surface area contributed by atoms with Crippen molar-refractivity contribution in [1.29, 1.82) is 0 Å². The van der Waals surface area contributed by atoms with Gasteiger partial charge >= 0.3 is 0 Å². The lowest BCUT2D eigenvalue weighted by Gasteiger charge is -2.23. The van der Waals surface area contributed by atoms with E-state index in [0.717, 1.165) is 10.0 Å². The smallest absolute Gasteiger partial charge is 0.264 e. The van der Waals surface area contributed by atoms with Crippen molar-refractivity contribution in [2.45, 2.75) is 35.6 Å². The van der Waals surface area contributed by atoms with E-state index in [2.05, 4.69) is 5.32 Å². The van der Waals surface area contributed by atoms with E-state index in [1.807, 2.05) is 6.92 Å². The minimum absolute atomic E-state index is 0.000657. The van der Waals surface area contributed by atoms with Crippen LogP contribution in [-0.2, 0) is 29.7 Å². The lowest BCUT2D eigenvalue weighted by molar-refractivity contribution is -0.119. The second-order valence-electron chi connectivity index (χ2n) is 7.20. The van der Waals surface area contributed by atoms with Gasteiger partial charge in [-0.1, -0.05) is 22.2 Å². The molecule has 2 aromatic rings. The average Bonchev–Trinajstić information content (AvgIpc) is 3.25. The summed E-state index contributed by atoms with van der Waals surface area (Å²) in [6.45, 7) is 2.13. The second kappa shape index (κ2) is 9.05. The molecule has 0 spiro atoms. The molecule has 3 rings (SSSR count). The Labute approximate surface area is 182 Å². The Bertz CT molecular complexity index is 1150. The minimum Gasteiger partial charge on any atom is -0.325 e. The predicted molar refractivity (Wildman–Crippen MR) is 115 cm³/mol. The number of carbonyl (C=O) groups excluding carboxylic acids is 1. The van der Waals surface area contributed by atoms with E-state index in [9.17, 15) is 21.6 Å². The fourth-order valence-corrected chi connectivity index (χ4v) is 5.95. The first-order valence-electron chi connectivity index (χ1n) is 9.60. The van der Waals surface area contributed by atoms with Crippen LogP contribution in [-0.4, -0.2) is 58.3 Å². The molecule has 1 saturated heterocycles. The Morgan fingerprint density at radius 2 is 1.61 bits per heavy atom. The Morgan fingerprint density at radius 1 is 1.03 bits per heavy atom. The highest BCUT2D eigenvalue weighted by Gasteiger charge is 2.39. The first-order valence-corrected chi connectivity index (χ1v) is 12.5. The molecule has 0 bridgehead atoms. The minimum atomic E-state index is -3.81. The maximum Gasteiger partial charge on any atom is 0.264 e. The van der Waals surface area contributed by atoms with Crippen molar-refractivity contribution in [3.63, 3.8) is 0 Å². The number of nitrogens with zero attached hydrogens (tertiary/aromatic N) is 2. The van der Waals surface area contributed by atoms with Gasteiger partial charge in [0.1, 0.15) is 6.04 Å². The van der Waals surface area contributed by atoms with Gasteiger partial charge in [0, 0.05) is 19.3 Å². The van der Waals surface area contributed by atoms with Crippen molar-refractivity contribution in [2.75, 3.05) is 26.0 Å². The van der Waals surface area contributed by atoms with E-state index in [1.54, 1.807) is 12.1 Å². The standard InChI is InChI=1S/C20H25N3O6S2/c1-15-6-10-18(11-7-15)31(27,28)23-14-4-5-19(23)20(24)21-16-8-12-17(13-9-16)30(25,26)22(2)29-3/h6-13,19H,4-5,14H2,1-3H3,(H,21,24)/t19-/m0/s1. The molecule has 1 aliphatic rings. The molecule has 0 unspecified atom stereocenters. The fourth-order valence-electron chi connectivity index (χ4n) is 3.32. The Kier molecular flexibility index (Phi) is 6.82. The molecular formula is C20H25N3O6S2. The van der Waals surface area contributed by atoms with Crippen molar-refractivity contribution in [2.24, 2.45) is 0 Å². The van der Waals surface area contributed by atoms with Gasteiger partial charge in [-0.05, 0) is 56.2 Å². The first-order chi connectivity index (χ1) is 14.6. The summed E-state index contributed by atoms with van der Waals surface area (Å²) in [5.74, 6) is -0.460. The van der Waals surface area contributed by atoms with E-state index >= 15 is 0 Å². The summed E-state index contributed by atoms with van der Waals surface area (Å²) >= 11 is 0. The zero-order valence-electron chi connectivity index (χ0n) is 17.5. The number of hydrogen-bond donors (Lipinski definition) is 1. The zero-order chi connectivity index (χ0) is 22.8. The number of sulfonamides is 2. The summed E-state index contributed by atoms with van der Waals surface area (Å²) in [4.78, 5) is 17.7. The third kappa shape index (κ3) is 4.80. The van der Waals surface area contributed by atoms with Gasteiger partial charge < -0.3 is 5.32 Å². The molecule has 1 heterocycles. The van der Waals surface area contributed by atoms with Gasteiger partial charge in [-0.3, -0.25) is 9.63 Å². The highest BCUT2D eigenvalue weighted by atomic mass is 32.2. The summed E-state index contributed by atoms with van der Waals surface area (Å²) < 4.78 is 52.5. The maximum atomic E-state index is 13.0. The van der Waals surface area contributed by atoms with Crippen molar-refractivity contribution >= 4 is 31.6 Å². The molecule has 1 aliphatic heterocycles. The summed E-state index contributed by atoms with van der Waals surface area (Å²) in [6, 6.07) is 11.2. The van der Waals surface area contributed by atoms with Crippen LogP contribution in [0, 0.1) is 6.92 Å². The molecular weight excluding hydrogens is 442 g/mol. The number of nitrogens with one attached hydrogen (secondary N) is 1. The van der Waals surface area contributed by atoms with Crippen LogP contribution in [0.15, 0.2) is 58.3 Å². The topological polar surface area (TPSA) is 113 Å². The van der Waals surface area contributed by atoms with Crippen LogP contribution in [0.1, 0.15) is 18.4 Å². The summed E-state index contributed by atoms with van der Waals surface area (Å²) in [7, 11) is -5.10. The Balaban J connectivity index is 1.76. The van der Waals surface area contributed by atoms with Crippen LogP contribution in [0.25, 0.3) is 0 Å². The van der Waals surface area contributed by atoms with Crippen molar-refractivity contribution in [3.8, 4) is 0 Å². The van der Waals surface area contributed by atoms with Gasteiger partial charge in [0.2, 0.25) is 15.9 Å². The van der Waals surface area contributed by atoms with Crippen LogP contribution >= 0.6 is 0 Å². The van der Waals surface area contributed by atoms with E-state index in [0.29, 0.717) is 18.5 Å². The molecule has 9 nitrogen and oxygen atoms in total.